The monoisotopic (exact) mass is 234 g/mol. The Hall–Kier alpha value is -0.560. The molecule has 1 N–H and O–H groups in total. The van der Waals surface area contributed by atoms with Crippen molar-refractivity contribution in [2.24, 2.45) is 4.99 Å². The first-order chi connectivity index (χ1) is 6.46. The quantitative estimate of drug-likeness (QED) is 0.607. The third-order valence-corrected chi connectivity index (χ3v) is 5.24. The average Bonchev–Trinajstić information content (AvgIpc) is 2.38. The van der Waals surface area contributed by atoms with Crippen molar-refractivity contribution < 1.29 is 13.2 Å². The van der Waals surface area contributed by atoms with Gasteiger partial charge in [0.1, 0.15) is 0 Å². The van der Waals surface area contributed by atoms with Crippen LogP contribution in [0.3, 0.4) is 0 Å². The lowest BCUT2D eigenvalue weighted by Gasteiger charge is -2.02. The molecule has 2 atom stereocenters. The molecule has 0 aromatic heterocycles. The summed E-state index contributed by atoms with van der Waals surface area (Å²) >= 11 is 1.35. The van der Waals surface area contributed by atoms with Crippen molar-refractivity contribution in [2.45, 2.75) is 18.2 Å². The summed E-state index contributed by atoms with van der Waals surface area (Å²) in [6.45, 7) is 1.41. The van der Waals surface area contributed by atoms with Crippen molar-refractivity contribution in [2.75, 3.05) is 11.5 Å². The van der Waals surface area contributed by atoms with Crippen LogP contribution in [0.5, 0.6) is 0 Å². The van der Waals surface area contributed by atoms with Crippen molar-refractivity contribution in [1.29, 1.82) is 0 Å². The smallest absolute Gasteiger partial charge is 0.222 e. The molecule has 0 aliphatic carbocycles. The number of carbonyl (C=O) groups excluding carboxylic acids is 1. The number of nitrogens with zero attached hydrogens (tertiary/aromatic N) is 1. The summed E-state index contributed by atoms with van der Waals surface area (Å²) in [5.74, 6) is 0.127. The minimum Gasteiger partial charge on any atom is -0.306 e. The van der Waals surface area contributed by atoms with E-state index >= 15 is 0 Å². The first kappa shape index (κ1) is 9.97. The highest BCUT2D eigenvalue weighted by molar-refractivity contribution is 8.15. The highest BCUT2D eigenvalue weighted by Gasteiger charge is 2.42. The van der Waals surface area contributed by atoms with E-state index in [1.54, 1.807) is 0 Å². The Morgan fingerprint density at radius 3 is 2.86 bits per heavy atom. The Bertz CT molecular complexity index is 401. The van der Waals surface area contributed by atoms with Gasteiger partial charge < -0.3 is 5.32 Å². The molecule has 0 aromatic carbocycles. The lowest BCUT2D eigenvalue weighted by Crippen LogP contribution is -2.25. The molecule has 0 saturated carbocycles. The van der Waals surface area contributed by atoms with Crippen LogP contribution in [0.15, 0.2) is 4.99 Å². The molecule has 0 radical (unpaired) electrons. The van der Waals surface area contributed by atoms with Gasteiger partial charge in [-0.25, -0.2) is 8.42 Å². The fraction of sp³-hybridized carbons (Fsp3) is 0.714. The number of rotatable bonds is 0. The second-order valence-corrected chi connectivity index (χ2v) is 6.80. The first-order valence-corrected chi connectivity index (χ1v) is 6.89. The Labute approximate surface area is 86.3 Å². The second-order valence-electron chi connectivity index (χ2n) is 3.42. The predicted octanol–water partition coefficient (Wildman–Crippen LogP) is -0.609. The molecular formula is C7H10N2O3S2. The molecule has 0 spiro atoms. The predicted molar refractivity (Wildman–Crippen MR) is 55.1 cm³/mol. The normalized spacial score (nSPS) is 33.6. The standard InChI is InChI=1S/C7H10N2O3S2/c1-4(10)8-7-9-5-2-14(11,12)3-6(5)13-7/h5-6H,2-3H2,1H3,(H,8,9,10)/t5-,6-/m1/s1. The fourth-order valence-corrected chi connectivity index (χ4v) is 5.27. The minimum atomic E-state index is -2.90. The number of hydrogen-bond acceptors (Lipinski definition) is 5. The van der Waals surface area contributed by atoms with Gasteiger partial charge in [-0.1, -0.05) is 11.8 Å². The van der Waals surface area contributed by atoms with E-state index in [2.05, 4.69) is 10.3 Å². The molecule has 14 heavy (non-hydrogen) atoms. The highest BCUT2D eigenvalue weighted by Crippen LogP contribution is 2.33. The van der Waals surface area contributed by atoms with Gasteiger partial charge in [-0.15, -0.1) is 0 Å². The van der Waals surface area contributed by atoms with Crippen LogP contribution in [0.2, 0.25) is 0 Å². The van der Waals surface area contributed by atoms with E-state index in [1.807, 2.05) is 0 Å². The number of carbonyl (C=O) groups is 1. The van der Waals surface area contributed by atoms with Gasteiger partial charge in [-0.2, -0.15) is 0 Å². The third-order valence-electron chi connectivity index (χ3n) is 2.10. The second kappa shape index (κ2) is 3.23. The number of aliphatic imine (C=N–C) groups is 1. The zero-order valence-electron chi connectivity index (χ0n) is 7.56. The number of nitrogens with one attached hydrogen (secondary N) is 1. The van der Waals surface area contributed by atoms with Gasteiger partial charge in [0.15, 0.2) is 15.0 Å². The molecule has 2 aliphatic rings. The van der Waals surface area contributed by atoms with Crippen LogP contribution in [0.4, 0.5) is 0 Å². The van der Waals surface area contributed by atoms with E-state index in [0.29, 0.717) is 5.17 Å². The summed E-state index contributed by atoms with van der Waals surface area (Å²) in [5, 5.41) is 3.14. The number of thioether (sulfide) groups is 1. The molecule has 0 unspecified atom stereocenters. The maximum Gasteiger partial charge on any atom is 0.222 e. The van der Waals surface area contributed by atoms with E-state index < -0.39 is 9.84 Å². The van der Waals surface area contributed by atoms with Crippen LogP contribution in [0.1, 0.15) is 6.92 Å². The van der Waals surface area contributed by atoms with Crippen LogP contribution >= 0.6 is 11.8 Å². The van der Waals surface area contributed by atoms with E-state index in [-0.39, 0.29) is 28.7 Å². The van der Waals surface area contributed by atoms with E-state index in [1.165, 1.54) is 18.7 Å². The Morgan fingerprint density at radius 2 is 2.29 bits per heavy atom. The maximum absolute atomic E-state index is 11.2. The van der Waals surface area contributed by atoms with E-state index in [4.69, 9.17) is 0 Å². The highest BCUT2D eigenvalue weighted by atomic mass is 32.2. The van der Waals surface area contributed by atoms with E-state index in [9.17, 15) is 13.2 Å². The van der Waals surface area contributed by atoms with Gasteiger partial charge in [0.2, 0.25) is 5.91 Å². The van der Waals surface area contributed by atoms with Crippen molar-refractivity contribution in [3.05, 3.63) is 0 Å². The van der Waals surface area contributed by atoms with Crippen LogP contribution in [-0.2, 0) is 14.6 Å². The van der Waals surface area contributed by atoms with Crippen molar-refractivity contribution in [3.63, 3.8) is 0 Å². The van der Waals surface area contributed by atoms with Gasteiger partial charge in [0.05, 0.1) is 17.5 Å². The van der Waals surface area contributed by atoms with Gasteiger partial charge in [-0.3, -0.25) is 9.79 Å². The molecule has 0 bridgehead atoms. The van der Waals surface area contributed by atoms with Crippen LogP contribution in [-0.4, -0.2) is 42.3 Å². The summed E-state index contributed by atoms with van der Waals surface area (Å²) in [6, 6.07) is -0.160. The Morgan fingerprint density at radius 1 is 1.57 bits per heavy atom. The summed E-state index contributed by atoms with van der Waals surface area (Å²) in [5.41, 5.74) is 0. The SMILES string of the molecule is CC(=O)NC1=N[C@@H]2CS(=O)(=O)C[C@H]2S1. The Balaban J connectivity index is 2.08. The van der Waals surface area contributed by atoms with Crippen molar-refractivity contribution in [1.82, 2.24) is 5.32 Å². The first-order valence-electron chi connectivity index (χ1n) is 4.19. The summed E-state index contributed by atoms with van der Waals surface area (Å²) in [4.78, 5) is 14.9. The number of amidine groups is 1. The molecule has 2 heterocycles. The van der Waals surface area contributed by atoms with Crippen molar-refractivity contribution in [3.8, 4) is 0 Å². The zero-order chi connectivity index (χ0) is 10.3. The lowest BCUT2D eigenvalue weighted by molar-refractivity contribution is -0.117. The maximum atomic E-state index is 11.2. The topological polar surface area (TPSA) is 75.6 Å². The van der Waals surface area contributed by atoms with Gasteiger partial charge in [0, 0.05) is 12.2 Å². The number of hydrogen-bond donors (Lipinski definition) is 1. The molecule has 5 nitrogen and oxygen atoms in total. The van der Waals surface area contributed by atoms with Crippen molar-refractivity contribution >= 4 is 32.7 Å². The zero-order valence-corrected chi connectivity index (χ0v) is 9.19. The summed E-state index contributed by atoms with van der Waals surface area (Å²) < 4.78 is 22.4. The lowest BCUT2D eigenvalue weighted by atomic mass is 10.3. The minimum absolute atomic E-state index is 0.00171. The molecule has 2 rings (SSSR count). The number of fused-ring (bicyclic) bond motifs is 1. The summed E-state index contributed by atoms with van der Waals surface area (Å²) in [7, 11) is -2.90. The molecule has 7 heteroatoms. The molecule has 2 aliphatic heterocycles. The largest absolute Gasteiger partial charge is 0.306 e. The van der Waals surface area contributed by atoms with E-state index in [0.717, 1.165) is 0 Å². The van der Waals surface area contributed by atoms with Gasteiger partial charge in [0.25, 0.3) is 0 Å². The number of sulfone groups is 1. The van der Waals surface area contributed by atoms with Crippen LogP contribution in [0.25, 0.3) is 0 Å². The third kappa shape index (κ3) is 1.93. The molecule has 0 aromatic rings. The molecule has 1 amide bonds. The molecular weight excluding hydrogens is 224 g/mol. The Kier molecular flexibility index (Phi) is 2.30. The fourth-order valence-electron chi connectivity index (χ4n) is 1.57. The van der Waals surface area contributed by atoms with Gasteiger partial charge in [-0.05, 0) is 0 Å². The molecule has 1 saturated heterocycles. The van der Waals surface area contributed by atoms with Crippen LogP contribution in [0, 0.1) is 0 Å². The molecule has 1 fully saturated rings. The summed E-state index contributed by atoms with van der Waals surface area (Å²) in [6.07, 6.45) is 0. The molecule has 78 valence electrons. The van der Waals surface area contributed by atoms with Crippen LogP contribution < -0.4 is 5.32 Å². The number of amides is 1. The average molecular weight is 234 g/mol. The van der Waals surface area contributed by atoms with Gasteiger partial charge >= 0.3 is 0 Å².